The Labute approximate surface area is 118 Å². The van der Waals surface area contributed by atoms with Crippen LogP contribution in [-0.4, -0.2) is 21.0 Å². The summed E-state index contributed by atoms with van der Waals surface area (Å²) in [6.07, 6.45) is 2.47. The summed E-state index contributed by atoms with van der Waals surface area (Å²) in [5, 5.41) is 0.0400. The lowest BCUT2D eigenvalue weighted by atomic mass is 10.1. The lowest BCUT2D eigenvalue weighted by Crippen LogP contribution is -2.40. The van der Waals surface area contributed by atoms with Crippen molar-refractivity contribution in [2.24, 2.45) is 5.73 Å². The van der Waals surface area contributed by atoms with Gasteiger partial charge >= 0.3 is 0 Å². The van der Waals surface area contributed by atoms with Gasteiger partial charge in [-0.1, -0.05) is 31.4 Å². The molecule has 1 rings (SSSR count). The third kappa shape index (κ3) is 5.06. The second-order valence-corrected chi connectivity index (χ2v) is 6.45. The third-order valence-corrected chi connectivity index (χ3v) is 4.38. The normalized spacial score (nSPS) is 13.5. The number of hydrogen-bond donors (Lipinski definition) is 2. The van der Waals surface area contributed by atoms with E-state index in [1.54, 1.807) is 0 Å². The van der Waals surface area contributed by atoms with E-state index < -0.39 is 15.8 Å². The van der Waals surface area contributed by atoms with E-state index in [9.17, 15) is 12.8 Å². The van der Waals surface area contributed by atoms with Crippen LogP contribution in [0.1, 0.15) is 26.2 Å². The van der Waals surface area contributed by atoms with Crippen LogP contribution in [0.25, 0.3) is 0 Å². The first-order valence-corrected chi connectivity index (χ1v) is 7.93. The summed E-state index contributed by atoms with van der Waals surface area (Å²) in [4.78, 5) is -0.188. The maximum Gasteiger partial charge on any atom is 0.241 e. The molecule has 0 aliphatic carbocycles. The van der Waals surface area contributed by atoms with Gasteiger partial charge in [-0.3, -0.25) is 0 Å². The van der Waals surface area contributed by atoms with Crippen molar-refractivity contribution < 1.29 is 12.8 Å². The third-order valence-electron chi connectivity index (χ3n) is 2.66. The molecule has 0 aliphatic heterocycles. The Hall–Kier alpha value is -0.690. The summed E-state index contributed by atoms with van der Waals surface area (Å²) in [6, 6.07) is 2.84. The molecule has 0 fully saturated rings. The van der Waals surface area contributed by atoms with Crippen molar-refractivity contribution in [1.29, 1.82) is 0 Å². The minimum absolute atomic E-state index is 0.0400. The zero-order chi connectivity index (χ0) is 14.5. The predicted octanol–water partition coefficient (Wildman–Crippen LogP) is 2.27. The first-order valence-electron chi connectivity index (χ1n) is 6.07. The number of benzene rings is 1. The molecule has 0 aliphatic rings. The molecule has 1 atom stereocenters. The van der Waals surface area contributed by atoms with Crippen LogP contribution in [0.5, 0.6) is 0 Å². The smallest absolute Gasteiger partial charge is 0.241 e. The van der Waals surface area contributed by atoms with E-state index in [0.29, 0.717) is 6.42 Å². The largest absolute Gasteiger partial charge is 0.329 e. The molecule has 1 aromatic carbocycles. The predicted molar refractivity (Wildman–Crippen MR) is 74.1 cm³/mol. The van der Waals surface area contributed by atoms with Crippen molar-refractivity contribution in [2.45, 2.75) is 37.1 Å². The van der Waals surface area contributed by atoms with Gasteiger partial charge in [-0.25, -0.2) is 17.5 Å². The molecule has 1 unspecified atom stereocenters. The summed E-state index contributed by atoms with van der Waals surface area (Å²) >= 11 is 5.65. The van der Waals surface area contributed by atoms with E-state index in [4.69, 9.17) is 17.3 Å². The molecule has 0 bridgehead atoms. The Kier molecular flexibility index (Phi) is 6.19. The van der Waals surface area contributed by atoms with Gasteiger partial charge in [0, 0.05) is 17.6 Å². The average Bonchev–Trinajstić information content (AvgIpc) is 2.33. The van der Waals surface area contributed by atoms with E-state index in [-0.39, 0.29) is 22.5 Å². The first-order chi connectivity index (χ1) is 8.89. The van der Waals surface area contributed by atoms with Crippen molar-refractivity contribution in [3.63, 3.8) is 0 Å². The van der Waals surface area contributed by atoms with Gasteiger partial charge in [-0.05, 0) is 24.6 Å². The zero-order valence-corrected chi connectivity index (χ0v) is 12.3. The molecule has 0 radical (unpaired) electrons. The van der Waals surface area contributed by atoms with E-state index in [2.05, 4.69) is 4.72 Å². The fourth-order valence-corrected chi connectivity index (χ4v) is 3.27. The average molecular weight is 309 g/mol. The highest BCUT2D eigenvalue weighted by Crippen LogP contribution is 2.18. The first kappa shape index (κ1) is 16.4. The summed E-state index contributed by atoms with van der Waals surface area (Å²) < 4.78 is 39.8. The number of halogens is 2. The van der Waals surface area contributed by atoms with Crippen molar-refractivity contribution >= 4 is 21.6 Å². The molecule has 19 heavy (non-hydrogen) atoms. The Balaban J connectivity index is 2.90. The van der Waals surface area contributed by atoms with Gasteiger partial charge in [0.05, 0.1) is 4.90 Å². The van der Waals surface area contributed by atoms with Crippen LogP contribution in [0, 0.1) is 5.82 Å². The highest BCUT2D eigenvalue weighted by Gasteiger charge is 2.20. The molecule has 0 saturated carbocycles. The van der Waals surface area contributed by atoms with Crippen LogP contribution in [-0.2, 0) is 10.0 Å². The van der Waals surface area contributed by atoms with Crippen LogP contribution in [0.4, 0.5) is 4.39 Å². The van der Waals surface area contributed by atoms with Gasteiger partial charge in [0.1, 0.15) is 5.82 Å². The fourth-order valence-electron chi connectivity index (χ4n) is 1.65. The van der Waals surface area contributed by atoms with Crippen LogP contribution in [0.3, 0.4) is 0 Å². The van der Waals surface area contributed by atoms with E-state index in [1.165, 1.54) is 6.07 Å². The number of hydrogen-bond acceptors (Lipinski definition) is 3. The Morgan fingerprint density at radius 2 is 2.11 bits per heavy atom. The fraction of sp³-hybridized carbons (Fsp3) is 0.500. The van der Waals surface area contributed by atoms with Crippen LogP contribution in [0.2, 0.25) is 5.02 Å². The molecule has 0 heterocycles. The summed E-state index contributed by atoms with van der Waals surface area (Å²) in [5.41, 5.74) is 5.53. The SMILES string of the molecule is CCCCC(CN)NS(=O)(=O)c1cc(F)cc(Cl)c1. The Morgan fingerprint density at radius 3 is 2.63 bits per heavy atom. The van der Waals surface area contributed by atoms with Crippen molar-refractivity contribution in [3.05, 3.63) is 29.0 Å². The van der Waals surface area contributed by atoms with Gasteiger partial charge in [-0.2, -0.15) is 0 Å². The molecule has 1 aromatic rings. The van der Waals surface area contributed by atoms with E-state index in [0.717, 1.165) is 25.0 Å². The quantitative estimate of drug-likeness (QED) is 0.811. The van der Waals surface area contributed by atoms with Gasteiger partial charge < -0.3 is 5.73 Å². The topological polar surface area (TPSA) is 72.2 Å². The standard InChI is InChI=1S/C12H18ClFN2O2S/c1-2-3-4-11(8-15)16-19(17,18)12-6-9(13)5-10(14)7-12/h5-7,11,16H,2-4,8,15H2,1H3. The van der Waals surface area contributed by atoms with E-state index in [1.807, 2.05) is 6.92 Å². The van der Waals surface area contributed by atoms with Gasteiger partial charge in [0.2, 0.25) is 10.0 Å². The van der Waals surface area contributed by atoms with Crippen LogP contribution in [0.15, 0.2) is 23.1 Å². The molecule has 0 saturated heterocycles. The maximum atomic E-state index is 13.2. The lowest BCUT2D eigenvalue weighted by Gasteiger charge is -2.16. The Bertz CT molecular complexity index is 502. The molecule has 0 amide bonds. The minimum Gasteiger partial charge on any atom is -0.329 e. The van der Waals surface area contributed by atoms with Crippen molar-refractivity contribution in [2.75, 3.05) is 6.54 Å². The zero-order valence-electron chi connectivity index (χ0n) is 10.7. The second-order valence-electron chi connectivity index (χ2n) is 4.30. The highest BCUT2D eigenvalue weighted by molar-refractivity contribution is 7.89. The summed E-state index contributed by atoms with van der Waals surface area (Å²) in [6.45, 7) is 2.21. The molecular formula is C12H18ClFN2O2S. The maximum absolute atomic E-state index is 13.2. The molecule has 108 valence electrons. The van der Waals surface area contributed by atoms with Crippen molar-refractivity contribution in [1.82, 2.24) is 4.72 Å². The molecule has 4 nitrogen and oxygen atoms in total. The number of sulfonamides is 1. The highest BCUT2D eigenvalue weighted by atomic mass is 35.5. The van der Waals surface area contributed by atoms with Gasteiger partial charge in [0.25, 0.3) is 0 Å². The van der Waals surface area contributed by atoms with Gasteiger partial charge in [-0.15, -0.1) is 0 Å². The van der Waals surface area contributed by atoms with E-state index >= 15 is 0 Å². The van der Waals surface area contributed by atoms with Crippen LogP contribution < -0.4 is 10.5 Å². The number of nitrogens with two attached hydrogens (primary N) is 1. The van der Waals surface area contributed by atoms with Gasteiger partial charge in [0.15, 0.2) is 0 Å². The molecule has 7 heteroatoms. The second kappa shape index (κ2) is 7.19. The number of rotatable bonds is 7. The molecule has 0 spiro atoms. The summed E-state index contributed by atoms with van der Waals surface area (Å²) in [7, 11) is -3.80. The lowest BCUT2D eigenvalue weighted by molar-refractivity contribution is 0.515. The molecule has 3 N–H and O–H groups in total. The summed E-state index contributed by atoms with van der Waals surface area (Å²) in [5.74, 6) is -0.689. The number of unbranched alkanes of at least 4 members (excludes halogenated alkanes) is 1. The molecular weight excluding hydrogens is 291 g/mol. The van der Waals surface area contributed by atoms with Crippen LogP contribution >= 0.6 is 11.6 Å². The van der Waals surface area contributed by atoms with Crippen molar-refractivity contribution in [3.8, 4) is 0 Å². The molecule has 0 aromatic heterocycles. The minimum atomic E-state index is -3.80. The number of nitrogens with one attached hydrogen (secondary N) is 1. The Morgan fingerprint density at radius 1 is 1.42 bits per heavy atom. The monoisotopic (exact) mass is 308 g/mol.